The first-order valence-corrected chi connectivity index (χ1v) is 14.5. The molecule has 2 aliphatic carbocycles. The van der Waals surface area contributed by atoms with Gasteiger partial charge in [-0.05, 0) is 19.4 Å². The van der Waals surface area contributed by atoms with E-state index in [1.807, 2.05) is 0 Å². The van der Waals surface area contributed by atoms with E-state index in [2.05, 4.69) is 0 Å². The monoisotopic (exact) mass is 642 g/mol. The van der Waals surface area contributed by atoms with Crippen LogP contribution in [0, 0.1) is 0 Å². The van der Waals surface area contributed by atoms with Crippen molar-refractivity contribution in [3.8, 4) is 17.2 Å². The molecule has 0 spiro atoms. The van der Waals surface area contributed by atoms with Gasteiger partial charge in [0, 0.05) is 42.0 Å². The molecule has 15 heteroatoms. The fraction of sp³-hybridized carbons (Fsp3) is 0.452. The average molecular weight is 643 g/mol. The molecule has 0 radical (unpaired) electrons. The van der Waals surface area contributed by atoms with Gasteiger partial charge < -0.3 is 50.8 Å². The summed E-state index contributed by atoms with van der Waals surface area (Å²) in [7, 11) is 1.31. The van der Waals surface area contributed by atoms with Crippen LogP contribution in [-0.4, -0.2) is 93.5 Å². The molecule has 246 valence electrons. The number of phenols is 2. The zero-order valence-corrected chi connectivity index (χ0v) is 25.0. The lowest BCUT2D eigenvalue weighted by Crippen LogP contribution is -2.49. The second-order valence-electron chi connectivity index (χ2n) is 11.8. The molecule has 0 aromatic heterocycles. The quantitative estimate of drug-likeness (QED) is 0.136. The van der Waals surface area contributed by atoms with Crippen molar-refractivity contribution in [1.29, 1.82) is 0 Å². The number of nitrogens with two attached hydrogens (primary N) is 2. The smallest absolute Gasteiger partial charge is 0.321 e. The van der Waals surface area contributed by atoms with E-state index in [4.69, 9.17) is 35.5 Å². The Labute approximate surface area is 262 Å². The number of ether oxygens (including phenoxy) is 4. The summed E-state index contributed by atoms with van der Waals surface area (Å²) in [6, 6.07) is 2.39. The maximum absolute atomic E-state index is 13.8. The molecule has 1 fully saturated rings. The number of fused-ring (bicyclic) bond motifs is 3. The number of aliphatic carboxylic acids is 1. The molecule has 0 amide bonds. The largest absolute Gasteiger partial charge is 0.507 e. The summed E-state index contributed by atoms with van der Waals surface area (Å²) in [5.41, 5.74) is 7.47. The number of hydrogen-bond donors (Lipinski definition) is 6. The number of benzene rings is 2. The summed E-state index contributed by atoms with van der Waals surface area (Å²) in [5, 5.41) is 43.8. The Morgan fingerprint density at radius 3 is 2.43 bits per heavy atom. The number of hydrogen-bond acceptors (Lipinski definition) is 14. The normalized spacial score (nSPS) is 25.9. The lowest BCUT2D eigenvalue weighted by molar-refractivity contribution is -0.225. The molecule has 1 saturated heterocycles. The summed E-state index contributed by atoms with van der Waals surface area (Å²) < 4.78 is 22.2. The van der Waals surface area contributed by atoms with Gasteiger partial charge in [-0.25, -0.2) is 0 Å². The minimum absolute atomic E-state index is 0.0725. The van der Waals surface area contributed by atoms with Crippen LogP contribution in [0.25, 0.3) is 0 Å². The second-order valence-corrected chi connectivity index (χ2v) is 11.8. The van der Waals surface area contributed by atoms with Gasteiger partial charge in [-0.3, -0.25) is 24.0 Å². The van der Waals surface area contributed by atoms with Crippen molar-refractivity contribution in [2.24, 2.45) is 11.5 Å². The summed E-state index contributed by atoms with van der Waals surface area (Å²) in [5.74, 6) is -6.61. The van der Waals surface area contributed by atoms with Crippen LogP contribution in [0.2, 0.25) is 0 Å². The van der Waals surface area contributed by atoms with Gasteiger partial charge in [-0.2, -0.15) is 0 Å². The highest BCUT2D eigenvalue weighted by atomic mass is 16.7. The van der Waals surface area contributed by atoms with Crippen molar-refractivity contribution in [2.45, 2.75) is 75.2 Å². The molecule has 2 aromatic carbocycles. The lowest BCUT2D eigenvalue weighted by Gasteiger charge is -2.41. The fourth-order valence-electron chi connectivity index (χ4n) is 6.26. The van der Waals surface area contributed by atoms with Crippen LogP contribution in [0.4, 0.5) is 0 Å². The number of carboxylic acids is 1. The molecule has 0 bridgehead atoms. The average Bonchev–Trinajstić information content (AvgIpc) is 2.99. The van der Waals surface area contributed by atoms with Gasteiger partial charge in [-0.15, -0.1) is 0 Å². The molecule has 1 unspecified atom stereocenters. The number of ketones is 3. The van der Waals surface area contributed by atoms with Gasteiger partial charge in [-0.1, -0.05) is 12.1 Å². The predicted octanol–water partition coefficient (Wildman–Crippen LogP) is 0.383. The molecule has 5 rings (SSSR count). The molecule has 1 heterocycles. The van der Waals surface area contributed by atoms with Crippen molar-refractivity contribution >= 4 is 29.3 Å². The number of carboxylic acid groups (broad SMARTS) is 1. The van der Waals surface area contributed by atoms with Crippen LogP contribution >= 0.6 is 0 Å². The maximum atomic E-state index is 13.8. The number of phenolic OH excluding ortho intramolecular Hbond substituents is 2. The number of carbonyl (C=O) groups is 5. The van der Waals surface area contributed by atoms with Gasteiger partial charge in [0.2, 0.25) is 11.6 Å². The molecule has 15 nitrogen and oxygen atoms in total. The Morgan fingerprint density at radius 2 is 1.78 bits per heavy atom. The standard InChI is InChI=1S/C31H34N2O13/c1-12-6-13(32)7-21(45-12)46-18-10-31(42,19(34)11-44-20(35)8-16(33)30(40)41)9-15-23(18)29(39)25-24(27(15)37)26(36)14-4-3-5-17(43-2)22(14)28(25)38/h3-5,12-13,16,18,21,37,39,42H,6-11,32-33H2,1-2H3,(H,40,41)/t12-,13+,16?,18-,21-,31-/m0/s1. The highest BCUT2D eigenvalue weighted by molar-refractivity contribution is 6.31. The van der Waals surface area contributed by atoms with E-state index in [0.29, 0.717) is 6.42 Å². The predicted molar refractivity (Wildman–Crippen MR) is 154 cm³/mol. The zero-order chi connectivity index (χ0) is 33.7. The highest BCUT2D eigenvalue weighted by Gasteiger charge is 2.50. The van der Waals surface area contributed by atoms with Crippen LogP contribution in [0.1, 0.15) is 81.7 Å². The topological polar surface area (TPSA) is 255 Å². The molecule has 3 aliphatic rings. The number of aliphatic hydroxyl groups is 1. The SMILES string of the molecule is COc1cccc2c1C(=O)c1c(O)c3c(c(O)c1C2=O)C[C@@](O)(C(=O)COC(=O)CC(N)C(=O)O)C[C@@H]3O[C@H]1C[C@H](N)C[C@H](C)O1. The van der Waals surface area contributed by atoms with Gasteiger partial charge in [0.05, 0.1) is 42.4 Å². The number of aromatic hydroxyl groups is 2. The van der Waals surface area contributed by atoms with Crippen molar-refractivity contribution in [2.75, 3.05) is 13.7 Å². The van der Waals surface area contributed by atoms with Crippen LogP contribution in [-0.2, 0) is 35.0 Å². The van der Waals surface area contributed by atoms with Crippen molar-refractivity contribution in [3.05, 3.63) is 51.6 Å². The summed E-state index contributed by atoms with van der Waals surface area (Å²) in [6.07, 6.45) is -3.95. The number of esters is 1. The molecule has 0 saturated carbocycles. The fourth-order valence-corrected chi connectivity index (χ4v) is 6.26. The van der Waals surface area contributed by atoms with E-state index in [9.17, 15) is 39.3 Å². The van der Waals surface area contributed by atoms with E-state index in [0.717, 1.165) is 0 Å². The Kier molecular flexibility index (Phi) is 8.90. The number of Topliss-reactive ketones (excluding diaryl/α,β-unsaturated/α-hetero) is 1. The number of methoxy groups -OCH3 is 1. The maximum Gasteiger partial charge on any atom is 0.321 e. The molecule has 46 heavy (non-hydrogen) atoms. The first kappa shape index (κ1) is 33.0. The van der Waals surface area contributed by atoms with Crippen LogP contribution in [0.3, 0.4) is 0 Å². The van der Waals surface area contributed by atoms with Gasteiger partial charge >= 0.3 is 11.9 Å². The number of carbonyl (C=O) groups excluding carboxylic acids is 4. The Balaban J connectivity index is 1.57. The molecule has 6 atom stereocenters. The summed E-state index contributed by atoms with van der Waals surface area (Å²) in [4.78, 5) is 63.9. The third-order valence-electron chi connectivity index (χ3n) is 8.49. The minimum atomic E-state index is -2.39. The molecular formula is C31H34N2O13. The van der Waals surface area contributed by atoms with Crippen molar-refractivity contribution < 1.29 is 63.3 Å². The van der Waals surface area contributed by atoms with E-state index in [-0.39, 0.29) is 46.6 Å². The Morgan fingerprint density at radius 1 is 1.09 bits per heavy atom. The summed E-state index contributed by atoms with van der Waals surface area (Å²) >= 11 is 0. The third kappa shape index (κ3) is 5.83. The van der Waals surface area contributed by atoms with Crippen molar-refractivity contribution in [1.82, 2.24) is 0 Å². The molecule has 2 aromatic rings. The van der Waals surface area contributed by atoms with E-state index in [1.165, 1.54) is 25.3 Å². The molecule has 8 N–H and O–H groups in total. The third-order valence-corrected chi connectivity index (χ3v) is 8.49. The van der Waals surface area contributed by atoms with Crippen LogP contribution < -0.4 is 16.2 Å². The van der Waals surface area contributed by atoms with E-state index >= 15 is 0 Å². The van der Waals surface area contributed by atoms with Gasteiger partial charge in [0.1, 0.15) is 28.9 Å². The molecule has 1 aliphatic heterocycles. The first-order valence-electron chi connectivity index (χ1n) is 14.5. The number of rotatable bonds is 9. The Hall–Kier alpha value is -4.41. The van der Waals surface area contributed by atoms with Gasteiger partial charge in [0.25, 0.3) is 0 Å². The lowest BCUT2D eigenvalue weighted by atomic mass is 9.72. The van der Waals surface area contributed by atoms with E-state index < -0.39 is 102 Å². The highest BCUT2D eigenvalue weighted by Crippen LogP contribution is 2.52. The second kappa shape index (κ2) is 12.4. The van der Waals surface area contributed by atoms with E-state index in [1.54, 1.807) is 6.92 Å². The zero-order valence-electron chi connectivity index (χ0n) is 25.0. The van der Waals surface area contributed by atoms with Crippen molar-refractivity contribution in [3.63, 3.8) is 0 Å². The van der Waals surface area contributed by atoms with Crippen LogP contribution in [0.15, 0.2) is 18.2 Å². The van der Waals surface area contributed by atoms with Crippen LogP contribution in [0.5, 0.6) is 17.2 Å². The minimum Gasteiger partial charge on any atom is -0.507 e. The Bertz CT molecular complexity index is 1630. The molecular weight excluding hydrogens is 608 g/mol. The van der Waals surface area contributed by atoms with Gasteiger partial charge in [0.15, 0.2) is 18.7 Å². The summed E-state index contributed by atoms with van der Waals surface area (Å²) in [6.45, 7) is 0.775. The first-order chi connectivity index (χ1) is 21.7.